The molecular formula is C10H16ClNO. The summed E-state index contributed by atoms with van der Waals surface area (Å²) in [4.78, 5) is 0. The first-order chi connectivity index (χ1) is 5.66. The van der Waals surface area contributed by atoms with E-state index in [1.54, 1.807) is 0 Å². The Labute approximate surface area is 85.2 Å². The third-order valence-corrected chi connectivity index (χ3v) is 2.02. The lowest BCUT2D eigenvalue weighted by Crippen LogP contribution is -2.05. The maximum absolute atomic E-state index is 9.68. The molecule has 13 heavy (non-hydrogen) atoms. The van der Waals surface area contributed by atoms with Crippen LogP contribution >= 0.6 is 12.4 Å². The van der Waals surface area contributed by atoms with Crippen molar-refractivity contribution >= 4 is 12.4 Å². The minimum atomic E-state index is -0.100. The molecule has 0 bridgehead atoms. The summed E-state index contributed by atoms with van der Waals surface area (Å²) in [6.07, 6.45) is 0.840. The smallest absolute Gasteiger partial charge is 0.123 e. The fraction of sp³-hybridized carbons (Fsp3) is 0.400. The van der Waals surface area contributed by atoms with Crippen molar-refractivity contribution in [1.29, 1.82) is 0 Å². The molecule has 1 aromatic rings. The highest BCUT2D eigenvalue weighted by Gasteiger charge is 2.07. The number of halogens is 1. The molecule has 1 rings (SSSR count). The summed E-state index contributed by atoms with van der Waals surface area (Å²) in [6.45, 7) is 3.88. The van der Waals surface area contributed by atoms with Crippen LogP contribution in [0.3, 0.4) is 0 Å². The number of para-hydroxylation sites is 1. The number of nitrogens with two attached hydrogens (primary N) is 1. The van der Waals surface area contributed by atoms with Gasteiger partial charge < -0.3 is 10.8 Å². The maximum atomic E-state index is 9.68. The van der Waals surface area contributed by atoms with Gasteiger partial charge in [0.25, 0.3) is 0 Å². The van der Waals surface area contributed by atoms with Crippen LogP contribution in [0.15, 0.2) is 18.2 Å². The topological polar surface area (TPSA) is 46.2 Å². The fourth-order valence-corrected chi connectivity index (χ4v) is 1.26. The van der Waals surface area contributed by atoms with Crippen LogP contribution in [-0.2, 0) is 6.42 Å². The highest BCUT2D eigenvalue weighted by Crippen LogP contribution is 2.26. The van der Waals surface area contributed by atoms with Gasteiger partial charge in [0.15, 0.2) is 0 Å². The van der Waals surface area contributed by atoms with Crippen LogP contribution in [-0.4, -0.2) is 5.11 Å². The molecule has 3 N–H and O–H groups in total. The van der Waals surface area contributed by atoms with Gasteiger partial charge in [-0.05, 0) is 18.9 Å². The highest BCUT2D eigenvalue weighted by atomic mass is 35.5. The van der Waals surface area contributed by atoms with Gasteiger partial charge in [0.2, 0.25) is 0 Å². The lowest BCUT2D eigenvalue weighted by Gasteiger charge is -2.10. The van der Waals surface area contributed by atoms with E-state index in [1.807, 2.05) is 32.0 Å². The zero-order valence-electron chi connectivity index (χ0n) is 7.95. The molecule has 74 valence electrons. The van der Waals surface area contributed by atoms with Gasteiger partial charge in [0.1, 0.15) is 5.75 Å². The Morgan fingerprint density at radius 1 is 1.46 bits per heavy atom. The van der Waals surface area contributed by atoms with Crippen LogP contribution in [0.1, 0.15) is 31.0 Å². The summed E-state index contributed by atoms with van der Waals surface area (Å²) < 4.78 is 0. The minimum Gasteiger partial charge on any atom is -0.507 e. The zero-order chi connectivity index (χ0) is 9.14. The third kappa shape index (κ3) is 2.61. The Bertz CT molecular complexity index is 274. The lowest BCUT2D eigenvalue weighted by molar-refractivity contribution is 0.457. The average molecular weight is 202 g/mol. The molecule has 0 fully saturated rings. The Morgan fingerprint density at radius 2 is 2.08 bits per heavy atom. The largest absolute Gasteiger partial charge is 0.507 e. The predicted octanol–water partition coefficient (Wildman–Crippen LogP) is 2.40. The monoisotopic (exact) mass is 201 g/mol. The summed E-state index contributed by atoms with van der Waals surface area (Å²) in [5.41, 5.74) is 7.47. The highest BCUT2D eigenvalue weighted by molar-refractivity contribution is 5.85. The molecule has 1 atom stereocenters. The Balaban J connectivity index is 0.00000144. The number of benzene rings is 1. The second-order valence-corrected chi connectivity index (χ2v) is 3.00. The van der Waals surface area contributed by atoms with Crippen LogP contribution < -0.4 is 5.73 Å². The zero-order valence-corrected chi connectivity index (χ0v) is 8.77. The van der Waals surface area contributed by atoms with Crippen molar-refractivity contribution in [3.8, 4) is 5.75 Å². The quantitative estimate of drug-likeness (QED) is 0.772. The van der Waals surface area contributed by atoms with Gasteiger partial charge >= 0.3 is 0 Å². The van der Waals surface area contributed by atoms with Crippen molar-refractivity contribution in [3.05, 3.63) is 29.3 Å². The molecule has 0 aliphatic heterocycles. The van der Waals surface area contributed by atoms with E-state index in [0.29, 0.717) is 5.75 Å². The molecule has 0 aliphatic carbocycles. The Morgan fingerprint density at radius 3 is 2.54 bits per heavy atom. The molecule has 0 saturated heterocycles. The second kappa shape index (κ2) is 5.10. The number of hydrogen-bond donors (Lipinski definition) is 2. The van der Waals surface area contributed by atoms with Gasteiger partial charge in [-0.1, -0.05) is 25.1 Å². The van der Waals surface area contributed by atoms with E-state index < -0.39 is 0 Å². The molecule has 0 saturated carbocycles. The SMILES string of the molecule is CCc1cccc([C@H](C)N)c1O.Cl. The number of phenols is 1. The van der Waals surface area contributed by atoms with E-state index in [-0.39, 0.29) is 18.4 Å². The van der Waals surface area contributed by atoms with Crippen LogP contribution in [0, 0.1) is 0 Å². The van der Waals surface area contributed by atoms with Crippen molar-refractivity contribution < 1.29 is 5.11 Å². The average Bonchev–Trinajstić information content (AvgIpc) is 2.04. The first kappa shape index (κ1) is 12.3. The Kier molecular flexibility index (Phi) is 4.81. The molecule has 0 unspecified atom stereocenters. The van der Waals surface area contributed by atoms with E-state index in [2.05, 4.69) is 0 Å². The summed E-state index contributed by atoms with van der Waals surface area (Å²) >= 11 is 0. The number of hydrogen-bond acceptors (Lipinski definition) is 2. The number of phenolic OH excluding ortho intramolecular Hbond substituents is 1. The van der Waals surface area contributed by atoms with E-state index >= 15 is 0 Å². The minimum absolute atomic E-state index is 0. The standard InChI is InChI=1S/C10H15NO.ClH/c1-3-8-5-4-6-9(7(2)11)10(8)12;/h4-7,12H,3,11H2,1-2H3;1H/t7-;/m0./s1. The van der Waals surface area contributed by atoms with Crippen LogP contribution in [0.5, 0.6) is 5.75 Å². The second-order valence-electron chi connectivity index (χ2n) is 3.00. The first-order valence-electron chi connectivity index (χ1n) is 4.23. The van der Waals surface area contributed by atoms with Gasteiger partial charge in [0, 0.05) is 11.6 Å². The van der Waals surface area contributed by atoms with Crippen molar-refractivity contribution in [2.45, 2.75) is 26.3 Å². The van der Waals surface area contributed by atoms with Gasteiger partial charge in [-0.2, -0.15) is 0 Å². The van der Waals surface area contributed by atoms with Crippen LogP contribution in [0.2, 0.25) is 0 Å². The summed E-state index contributed by atoms with van der Waals surface area (Å²) in [7, 11) is 0. The molecule has 0 spiro atoms. The molecule has 0 aliphatic rings. The molecule has 3 heteroatoms. The molecule has 1 aromatic carbocycles. The van der Waals surface area contributed by atoms with Crippen LogP contribution in [0.25, 0.3) is 0 Å². The van der Waals surface area contributed by atoms with E-state index in [1.165, 1.54) is 0 Å². The van der Waals surface area contributed by atoms with Crippen molar-refractivity contribution in [1.82, 2.24) is 0 Å². The fourth-order valence-electron chi connectivity index (χ4n) is 1.26. The molecule has 0 amide bonds. The molecular weight excluding hydrogens is 186 g/mol. The third-order valence-electron chi connectivity index (χ3n) is 2.02. The van der Waals surface area contributed by atoms with Gasteiger partial charge in [-0.25, -0.2) is 0 Å². The summed E-state index contributed by atoms with van der Waals surface area (Å²) in [5.74, 6) is 0.356. The van der Waals surface area contributed by atoms with Gasteiger partial charge in [0.05, 0.1) is 0 Å². The summed E-state index contributed by atoms with van der Waals surface area (Å²) in [5, 5.41) is 9.68. The van der Waals surface area contributed by atoms with Crippen LogP contribution in [0.4, 0.5) is 0 Å². The number of aryl methyl sites for hydroxylation is 1. The van der Waals surface area contributed by atoms with Gasteiger partial charge in [-0.3, -0.25) is 0 Å². The molecule has 0 heterocycles. The number of aromatic hydroxyl groups is 1. The Hall–Kier alpha value is -0.730. The van der Waals surface area contributed by atoms with E-state index in [0.717, 1.165) is 17.5 Å². The first-order valence-corrected chi connectivity index (χ1v) is 4.23. The number of rotatable bonds is 2. The predicted molar refractivity (Wildman–Crippen MR) is 57.3 cm³/mol. The molecule has 0 aromatic heterocycles. The van der Waals surface area contributed by atoms with Gasteiger partial charge in [-0.15, -0.1) is 12.4 Å². The molecule has 0 radical (unpaired) electrons. The summed E-state index contributed by atoms with van der Waals surface area (Å²) in [6, 6.07) is 5.61. The molecule has 2 nitrogen and oxygen atoms in total. The normalized spacial score (nSPS) is 11.9. The maximum Gasteiger partial charge on any atom is 0.123 e. The van der Waals surface area contributed by atoms with E-state index in [4.69, 9.17) is 5.73 Å². The van der Waals surface area contributed by atoms with Crippen molar-refractivity contribution in [2.24, 2.45) is 5.73 Å². The van der Waals surface area contributed by atoms with Crippen molar-refractivity contribution in [3.63, 3.8) is 0 Å². The van der Waals surface area contributed by atoms with E-state index in [9.17, 15) is 5.11 Å². The van der Waals surface area contributed by atoms with Crippen molar-refractivity contribution in [2.75, 3.05) is 0 Å². The lowest BCUT2D eigenvalue weighted by atomic mass is 10.0.